The van der Waals surface area contributed by atoms with Crippen LogP contribution in [0.5, 0.6) is 11.5 Å². The van der Waals surface area contributed by atoms with Crippen molar-refractivity contribution in [1.82, 2.24) is 0 Å². The first-order valence-electron chi connectivity index (χ1n) is 11.9. The predicted octanol–water partition coefficient (Wildman–Crippen LogP) is 7.85. The second-order valence-corrected chi connectivity index (χ2v) is 10.2. The van der Waals surface area contributed by atoms with Crippen LogP contribution in [0.25, 0.3) is 11.1 Å². The molecule has 0 fully saturated rings. The van der Waals surface area contributed by atoms with Gasteiger partial charge < -0.3 is 9.47 Å². The molecule has 0 aromatic heterocycles. The number of aryl methyl sites for hydroxylation is 2. The zero-order valence-corrected chi connectivity index (χ0v) is 20.9. The topological polar surface area (TPSA) is 18.5 Å². The second kappa shape index (κ2) is 8.06. The maximum absolute atomic E-state index is 6.26. The second-order valence-electron chi connectivity index (χ2n) is 10.2. The summed E-state index contributed by atoms with van der Waals surface area (Å²) in [5, 5.41) is 0. The van der Waals surface area contributed by atoms with Crippen molar-refractivity contribution < 1.29 is 9.47 Å². The van der Waals surface area contributed by atoms with Crippen molar-refractivity contribution in [1.29, 1.82) is 0 Å². The van der Waals surface area contributed by atoms with Crippen LogP contribution in [-0.2, 0) is 5.41 Å². The van der Waals surface area contributed by atoms with Gasteiger partial charge in [-0.15, -0.1) is 0 Å². The fourth-order valence-electron chi connectivity index (χ4n) is 5.46. The van der Waals surface area contributed by atoms with Crippen LogP contribution in [0.4, 0.5) is 0 Å². The molecule has 34 heavy (non-hydrogen) atoms. The maximum atomic E-state index is 6.26. The van der Waals surface area contributed by atoms with Crippen LogP contribution in [0.3, 0.4) is 0 Å². The Hall–Kier alpha value is -3.52. The zero-order valence-electron chi connectivity index (χ0n) is 20.9. The smallest absolute Gasteiger partial charge is 0.123 e. The van der Waals surface area contributed by atoms with E-state index in [2.05, 4.69) is 120 Å². The molecule has 0 amide bonds. The van der Waals surface area contributed by atoms with E-state index in [0.717, 1.165) is 22.6 Å². The molecule has 0 spiro atoms. The van der Waals surface area contributed by atoms with E-state index < -0.39 is 5.41 Å². The van der Waals surface area contributed by atoms with Crippen LogP contribution >= 0.6 is 0 Å². The Morgan fingerprint density at radius 1 is 0.618 bits per heavy atom. The van der Waals surface area contributed by atoms with Crippen LogP contribution in [0.2, 0.25) is 0 Å². The molecule has 0 unspecified atom stereocenters. The lowest BCUT2D eigenvalue weighted by atomic mass is 9.67. The molecule has 4 aromatic carbocycles. The number of rotatable bonds is 4. The van der Waals surface area contributed by atoms with E-state index in [1.165, 1.54) is 33.4 Å². The highest BCUT2D eigenvalue weighted by Crippen LogP contribution is 2.56. The number of hydrogen-bond acceptors (Lipinski definition) is 2. The molecule has 2 heteroatoms. The number of methoxy groups -OCH3 is 1. The van der Waals surface area contributed by atoms with Gasteiger partial charge in [-0.1, -0.05) is 72.8 Å². The van der Waals surface area contributed by atoms with E-state index in [1.807, 2.05) is 0 Å². The molecule has 5 rings (SSSR count). The van der Waals surface area contributed by atoms with E-state index in [0.29, 0.717) is 0 Å². The fourth-order valence-corrected chi connectivity index (χ4v) is 5.46. The SMILES string of the molecule is COc1ccc(C2(c3ccc(OC(C)(C)C)c(C)c3)c3ccccc3-c3ccccc32)cc1C. The lowest BCUT2D eigenvalue weighted by Gasteiger charge is -2.35. The summed E-state index contributed by atoms with van der Waals surface area (Å²) in [4.78, 5) is 0. The summed E-state index contributed by atoms with van der Waals surface area (Å²) in [7, 11) is 1.73. The van der Waals surface area contributed by atoms with Crippen molar-refractivity contribution in [2.45, 2.75) is 45.6 Å². The third-order valence-electron chi connectivity index (χ3n) is 6.80. The van der Waals surface area contributed by atoms with Gasteiger partial charge in [0, 0.05) is 0 Å². The molecule has 0 radical (unpaired) electrons. The van der Waals surface area contributed by atoms with E-state index in [1.54, 1.807) is 7.11 Å². The van der Waals surface area contributed by atoms with Gasteiger partial charge in [0.2, 0.25) is 0 Å². The predicted molar refractivity (Wildman–Crippen MR) is 140 cm³/mol. The Balaban J connectivity index is 1.84. The van der Waals surface area contributed by atoms with Crippen LogP contribution < -0.4 is 9.47 Å². The Morgan fingerprint density at radius 2 is 1.09 bits per heavy atom. The minimum absolute atomic E-state index is 0.246. The zero-order chi connectivity index (χ0) is 24.1. The molecule has 0 bridgehead atoms. The molecule has 0 atom stereocenters. The normalized spacial score (nSPS) is 13.8. The van der Waals surface area contributed by atoms with Crippen molar-refractivity contribution in [3.63, 3.8) is 0 Å². The van der Waals surface area contributed by atoms with Crippen LogP contribution in [0.1, 0.15) is 54.2 Å². The highest BCUT2D eigenvalue weighted by molar-refractivity contribution is 5.86. The molecular weight excluding hydrogens is 416 g/mol. The Kier molecular flexibility index (Phi) is 5.28. The number of hydrogen-bond donors (Lipinski definition) is 0. The third-order valence-corrected chi connectivity index (χ3v) is 6.80. The number of benzene rings is 4. The Labute approximate surface area is 203 Å². The van der Waals surface area contributed by atoms with Crippen LogP contribution in [0.15, 0.2) is 84.9 Å². The monoisotopic (exact) mass is 448 g/mol. The lowest BCUT2D eigenvalue weighted by molar-refractivity contribution is 0.130. The summed E-state index contributed by atoms with van der Waals surface area (Å²) >= 11 is 0. The highest BCUT2D eigenvalue weighted by atomic mass is 16.5. The van der Waals surface area contributed by atoms with Gasteiger partial charge >= 0.3 is 0 Å². The van der Waals surface area contributed by atoms with Gasteiger partial charge in [-0.25, -0.2) is 0 Å². The Bertz CT molecular complexity index is 1330. The summed E-state index contributed by atoms with van der Waals surface area (Å²) in [6.45, 7) is 10.5. The van der Waals surface area contributed by atoms with Gasteiger partial charge in [0.25, 0.3) is 0 Å². The maximum Gasteiger partial charge on any atom is 0.123 e. The summed E-state index contributed by atoms with van der Waals surface area (Å²) in [5.41, 5.74) is 9.29. The molecule has 0 heterocycles. The average molecular weight is 449 g/mol. The van der Waals surface area contributed by atoms with Gasteiger partial charge in [0.05, 0.1) is 12.5 Å². The molecule has 2 nitrogen and oxygen atoms in total. The van der Waals surface area contributed by atoms with Crippen molar-refractivity contribution in [3.8, 4) is 22.6 Å². The number of fused-ring (bicyclic) bond motifs is 3. The molecule has 0 N–H and O–H groups in total. The van der Waals surface area contributed by atoms with Gasteiger partial charge in [0.1, 0.15) is 17.1 Å². The van der Waals surface area contributed by atoms with Gasteiger partial charge in [-0.05, 0) is 91.3 Å². The standard InChI is InChI=1S/C32H32O2/c1-21-19-23(15-17-29(21)33-6)32(24-16-18-30(22(2)20-24)34-31(3,4)5)27-13-9-7-11-25(27)26-12-8-10-14-28(26)32/h7-20H,1-6H3. The highest BCUT2D eigenvalue weighted by Gasteiger charge is 2.46. The van der Waals surface area contributed by atoms with Crippen molar-refractivity contribution >= 4 is 0 Å². The molecular formula is C32H32O2. The van der Waals surface area contributed by atoms with Gasteiger partial charge in [-0.2, -0.15) is 0 Å². The number of ether oxygens (including phenoxy) is 2. The first-order chi connectivity index (χ1) is 16.3. The molecule has 0 saturated carbocycles. The molecule has 1 aliphatic carbocycles. The Morgan fingerprint density at radius 3 is 1.53 bits per heavy atom. The minimum Gasteiger partial charge on any atom is -0.496 e. The summed E-state index contributed by atoms with van der Waals surface area (Å²) in [5.74, 6) is 1.83. The van der Waals surface area contributed by atoms with E-state index >= 15 is 0 Å². The molecule has 0 saturated heterocycles. The van der Waals surface area contributed by atoms with Gasteiger partial charge in [0.15, 0.2) is 0 Å². The van der Waals surface area contributed by atoms with E-state index in [9.17, 15) is 0 Å². The average Bonchev–Trinajstić information content (AvgIpc) is 3.11. The van der Waals surface area contributed by atoms with E-state index in [-0.39, 0.29) is 5.60 Å². The van der Waals surface area contributed by atoms with Crippen LogP contribution in [-0.4, -0.2) is 12.7 Å². The van der Waals surface area contributed by atoms with Gasteiger partial charge in [-0.3, -0.25) is 0 Å². The molecule has 172 valence electrons. The summed E-state index contributed by atoms with van der Waals surface area (Å²) in [6.07, 6.45) is 0. The van der Waals surface area contributed by atoms with E-state index in [4.69, 9.17) is 9.47 Å². The third kappa shape index (κ3) is 3.40. The first kappa shape index (κ1) is 22.3. The molecule has 1 aliphatic rings. The lowest BCUT2D eigenvalue weighted by Crippen LogP contribution is -2.29. The van der Waals surface area contributed by atoms with Crippen LogP contribution in [0, 0.1) is 13.8 Å². The van der Waals surface area contributed by atoms with Crippen molar-refractivity contribution in [2.24, 2.45) is 0 Å². The minimum atomic E-state index is -0.421. The molecule has 4 aromatic rings. The van der Waals surface area contributed by atoms with Crippen molar-refractivity contribution in [2.75, 3.05) is 7.11 Å². The first-order valence-corrected chi connectivity index (χ1v) is 11.9. The quantitative estimate of drug-likeness (QED) is 0.279. The summed E-state index contributed by atoms with van der Waals surface area (Å²) in [6, 6.07) is 30.9. The largest absolute Gasteiger partial charge is 0.496 e. The fraction of sp³-hybridized carbons (Fsp3) is 0.250. The van der Waals surface area contributed by atoms with Crippen molar-refractivity contribution in [3.05, 3.63) is 118 Å². The summed E-state index contributed by atoms with van der Waals surface area (Å²) < 4.78 is 11.9. The molecule has 0 aliphatic heterocycles.